The summed E-state index contributed by atoms with van der Waals surface area (Å²) >= 11 is 0. The largest absolute Gasteiger partial charge is 0.491 e. The fourth-order valence-corrected chi connectivity index (χ4v) is 3.81. The average Bonchev–Trinajstić information content (AvgIpc) is 3.33. The van der Waals surface area contributed by atoms with Crippen LogP contribution in [0.4, 0.5) is 42.5 Å². The number of hydrogen-bond donors (Lipinski definition) is 1. The Morgan fingerprint density at radius 2 is 1.69 bits per heavy atom. The zero-order chi connectivity index (χ0) is 28.2. The molecule has 2 atom stereocenters. The first kappa shape index (κ1) is 27.6. The van der Waals surface area contributed by atoms with Gasteiger partial charge in [-0.15, -0.1) is 0 Å². The van der Waals surface area contributed by atoms with Crippen molar-refractivity contribution in [1.82, 2.24) is 0 Å². The summed E-state index contributed by atoms with van der Waals surface area (Å²) in [7, 11) is 0. The fraction of sp³-hybridized carbons (Fsp3) is 0.231. The molecule has 1 aliphatic heterocycles. The molecule has 13 heteroatoms. The third-order valence-corrected chi connectivity index (χ3v) is 5.54. The highest BCUT2D eigenvalue weighted by Gasteiger charge is 2.51. The molecule has 0 spiro atoms. The Kier molecular flexibility index (Phi) is 7.87. The number of benzene rings is 3. The minimum atomic E-state index is -4.93. The first-order chi connectivity index (χ1) is 18.4. The quantitative estimate of drug-likeness (QED) is 0.359. The number of nitriles is 1. The SMILES string of the molecule is N#Cc1ccc(N2CC(COc3ccc(NC(=O)Oc4ccccc4)cc3)OC2C(F)(F)F)cc1C(F)(F)F. The predicted octanol–water partition coefficient (Wildman–Crippen LogP) is 6.36. The van der Waals surface area contributed by atoms with Crippen LogP contribution in [0.25, 0.3) is 0 Å². The van der Waals surface area contributed by atoms with Crippen LogP contribution in [0.3, 0.4) is 0 Å². The summed E-state index contributed by atoms with van der Waals surface area (Å²) in [5, 5.41) is 11.5. The van der Waals surface area contributed by atoms with Crippen LogP contribution in [0.2, 0.25) is 0 Å². The van der Waals surface area contributed by atoms with Crippen molar-refractivity contribution in [3.63, 3.8) is 0 Å². The van der Waals surface area contributed by atoms with Gasteiger partial charge in [-0.05, 0) is 54.6 Å². The molecule has 1 fully saturated rings. The van der Waals surface area contributed by atoms with Gasteiger partial charge in [0, 0.05) is 11.4 Å². The van der Waals surface area contributed by atoms with E-state index in [1.54, 1.807) is 30.3 Å². The molecule has 3 aromatic carbocycles. The summed E-state index contributed by atoms with van der Waals surface area (Å²) in [4.78, 5) is 12.6. The van der Waals surface area contributed by atoms with Gasteiger partial charge in [0.05, 0.1) is 23.7 Å². The number of hydrogen-bond acceptors (Lipinski definition) is 6. The van der Waals surface area contributed by atoms with Crippen LogP contribution in [0, 0.1) is 11.3 Å². The lowest BCUT2D eigenvalue weighted by Crippen LogP contribution is -2.42. The van der Waals surface area contributed by atoms with Gasteiger partial charge in [-0.25, -0.2) is 4.79 Å². The molecule has 39 heavy (non-hydrogen) atoms. The summed E-state index contributed by atoms with van der Waals surface area (Å²) in [5.74, 6) is 0.591. The number of halogens is 6. The molecule has 4 rings (SSSR count). The molecular weight excluding hydrogens is 532 g/mol. The number of nitrogens with one attached hydrogen (secondary N) is 1. The van der Waals surface area contributed by atoms with Gasteiger partial charge in [-0.1, -0.05) is 18.2 Å². The van der Waals surface area contributed by atoms with Gasteiger partial charge < -0.3 is 19.1 Å². The van der Waals surface area contributed by atoms with Crippen molar-refractivity contribution in [2.75, 3.05) is 23.4 Å². The standard InChI is InChI=1S/C26H19F6N3O4/c27-25(28,29)22-12-18(9-6-16(22)13-33)35-14-21(38-23(35)26(30,31)32)15-37-19-10-7-17(8-11-19)34-24(36)39-20-4-2-1-3-5-20/h1-12,21,23H,14-15H2,(H,34,36). The Morgan fingerprint density at radius 1 is 1.00 bits per heavy atom. The van der Waals surface area contributed by atoms with Crippen LogP contribution in [0.1, 0.15) is 11.1 Å². The number of para-hydroxylation sites is 1. The van der Waals surface area contributed by atoms with E-state index >= 15 is 0 Å². The van der Waals surface area contributed by atoms with E-state index in [9.17, 15) is 31.1 Å². The maximum absolute atomic E-state index is 13.7. The van der Waals surface area contributed by atoms with Crippen LogP contribution in [-0.2, 0) is 10.9 Å². The molecule has 1 saturated heterocycles. The number of carbonyl (C=O) groups excluding carboxylic acids is 1. The van der Waals surface area contributed by atoms with Crippen molar-refractivity contribution >= 4 is 17.5 Å². The smallest absolute Gasteiger partial charge is 0.433 e. The number of nitrogens with zero attached hydrogens (tertiary/aromatic N) is 2. The van der Waals surface area contributed by atoms with Crippen molar-refractivity contribution in [2.45, 2.75) is 24.7 Å². The molecule has 1 aliphatic rings. The van der Waals surface area contributed by atoms with Crippen LogP contribution in [0.5, 0.6) is 11.5 Å². The predicted molar refractivity (Wildman–Crippen MR) is 126 cm³/mol. The Morgan fingerprint density at radius 3 is 2.31 bits per heavy atom. The van der Waals surface area contributed by atoms with Crippen LogP contribution in [-0.4, -0.2) is 37.8 Å². The molecule has 1 amide bonds. The maximum atomic E-state index is 13.7. The highest BCUT2D eigenvalue weighted by atomic mass is 19.4. The second kappa shape index (κ2) is 11.1. The molecule has 0 bridgehead atoms. The van der Waals surface area contributed by atoms with Gasteiger partial charge >= 0.3 is 18.4 Å². The molecule has 0 saturated carbocycles. The highest BCUT2D eigenvalue weighted by molar-refractivity contribution is 5.86. The van der Waals surface area contributed by atoms with Crippen molar-refractivity contribution < 1.29 is 45.3 Å². The van der Waals surface area contributed by atoms with Crippen molar-refractivity contribution in [1.29, 1.82) is 5.26 Å². The summed E-state index contributed by atoms with van der Waals surface area (Å²) in [6.45, 7) is -0.757. The zero-order valence-corrected chi connectivity index (χ0v) is 19.8. The molecule has 1 N–H and O–H groups in total. The van der Waals surface area contributed by atoms with Crippen LogP contribution in [0.15, 0.2) is 72.8 Å². The van der Waals surface area contributed by atoms with E-state index in [0.29, 0.717) is 22.4 Å². The number of ether oxygens (including phenoxy) is 3. The minimum absolute atomic E-state index is 0.250. The Labute approximate surface area is 218 Å². The third kappa shape index (κ3) is 6.91. The molecule has 0 aromatic heterocycles. The summed E-state index contributed by atoms with van der Waals surface area (Å²) in [6.07, 6.45) is -14.2. The number of anilines is 2. The molecular formula is C26H19F6N3O4. The van der Waals surface area contributed by atoms with Crippen molar-refractivity contribution in [3.05, 3.63) is 83.9 Å². The molecule has 3 aromatic rings. The molecule has 204 valence electrons. The molecule has 0 aliphatic carbocycles. The minimum Gasteiger partial charge on any atom is -0.491 e. The van der Waals surface area contributed by atoms with E-state index in [1.165, 1.54) is 30.3 Å². The van der Waals surface area contributed by atoms with Crippen molar-refractivity contribution in [2.24, 2.45) is 0 Å². The van der Waals surface area contributed by atoms with E-state index in [1.807, 2.05) is 0 Å². The van der Waals surface area contributed by atoms with Crippen molar-refractivity contribution in [3.8, 4) is 17.6 Å². The first-order valence-corrected chi connectivity index (χ1v) is 11.3. The van der Waals surface area contributed by atoms with Gasteiger partial charge in [-0.3, -0.25) is 5.32 Å². The number of carbonyl (C=O) groups is 1. The lowest BCUT2D eigenvalue weighted by molar-refractivity contribution is -0.215. The molecule has 1 heterocycles. The lowest BCUT2D eigenvalue weighted by Gasteiger charge is -2.27. The highest BCUT2D eigenvalue weighted by Crippen LogP contribution is 2.39. The maximum Gasteiger partial charge on any atom is 0.433 e. The normalized spacial score (nSPS) is 17.4. The topological polar surface area (TPSA) is 83.8 Å². The van der Waals surface area contributed by atoms with Gasteiger partial charge in [0.1, 0.15) is 24.2 Å². The van der Waals surface area contributed by atoms with E-state index in [-0.39, 0.29) is 12.4 Å². The van der Waals surface area contributed by atoms with Crippen LogP contribution >= 0.6 is 0 Å². The second-order valence-corrected chi connectivity index (χ2v) is 8.31. The molecule has 7 nitrogen and oxygen atoms in total. The Hall–Kier alpha value is -4.44. The van der Waals surface area contributed by atoms with E-state index in [4.69, 9.17) is 19.5 Å². The van der Waals surface area contributed by atoms with E-state index in [0.717, 1.165) is 12.1 Å². The number of alkyl halides is 6. The van der Waals surface area contributed by atoms with E-state index < -0.39 is 54.1 Å². The molecule has 0 radical (unpaired) electrons. The van der Waals surface area contributed by atoms with Crippen LogP contribution < -0.4 is 19.7 Å². The van der Waals surface area contributed by atoms with Gasteiger partial charge in [0.15, 0.2) is 0 Å². The monoisotopic (exact) mass is 551 g/mol. The Balaban J connectivity index is 1.39. The summed E-state index contributed by atoms with van der Waals surface area (Å²) in [6, 6.07) is 18.0. The average molecular weight is 551 g/mol. The van der Waals surface area contributed by atoms with E-state index in [2.05, 4.69) is 5.32 Å². The first-order valence-electron chi connectivity index (χ1n) is 11.3. The van der Waals surface area contributed by atoms with Gasteiger partial charge in [-0.2, -0.15) is 31.6 Å². The fourth-order valence-electron chi connectivity index (χ4n) is 3.81. The number of amides is 1. The summed E-state index contributed by atoms with van der Waals surface area (Å²) < 4.78 is 96.8. The zero-order valence-electron chi connectivity index (χ0n) is 19.8. The molecule has 2 unspecified atom stereocenters. The van der Waals surface area contributed by atoms with Gasteiger partial charge in [0.2, 0.25) is 6.23 Å². The number of rotatable bonds is 6. The Bertz CT molecular complexity index is 1340. The second-order valence-electron chi connectivity index (χ2n) is 8.31. The van der Waals surface area contributed by atoms with Gasteiger partial charge in [0.25, 0.3) is 0 Å². The summed E-state index contributed by atoms with van der Waals surface area (Å²) in [5.41, 5.74) is -2.08. The lowest BCUT2D eigenvalue weighted by atomic mass is 10.1. The third-order valence-electron chi connectivity index (χ3n) is 5.54.